The highest BCUT2D eigenvalue weighted by atomic mass is 35.5. The number of nitrogen functional groups attached to an aromatic ring is 2. The second-order valence-corrected chi connectivity index (χ2v) is 17.5. The van der Waals surface area contributed by atoms with Gasteiger partial charge in [-0.2, -0.15) is 0 Å². The fraction of sp³-hybridized carbons (Fsp3) is 0.488. The molecule has 1 saturated carbocycles. The number of hydrogen-bond donors (Lipinski definition) is 5. The third-order valence-electron chi connectivity index (χ3n) is 12.8. The predicted molar refractivity (Wildman–Crippen MR) is 234 cm³/mol. The van der Waals surface area contributed by atoms with Crippen LogP contribution in [0.4, 0.5) is 23.0 Å². The van der Waals surface area contributed by atoms with E-state index >= 15 is 0 Å². The number of piperidine rings is 2. The SMILES string of the molecule is COC(=O)c1nc(-c2cccc(Cl)c2Cl)nc(N)c1N1CCC2(CC1)CO[C@@H](C)[C@H]2N.Nc1nc(-c2cccc(Cl)c2Cl)nc(CO)c1N1CCC2(CCC[C@H]2N)CC1. The Balaban J connectivity index is 0.000000180. The predicted octanol–water partition coefficient (Wildman–Crippen LogP) is 6.77. The maximum atomic E-state index is 12.6. The zero-order valence-electron chi connectivity index (χ0n) is 33.1. The van der Waals surface area contributed by atoms with Crippen molar-refractivity contribution in [2.45, 2.75) is 76.7 Å². The van der Waals surface area contributed by atoms with Crippen molar-refractivity contribution in [3.8, 4) is 22.8 Å². The molecule has 0 unspecified atom stereocenters. The number of aromatic nitrogens is 4. The lowest BCUT2D eigenvalue weighted by atomic mass is 9.73. The van der Waals surface area contributed by atoms with Gasteiger partial charge in [0.1, 0.15) is 11.4 Å². The highest BCUT2D eigenvalue weighted by Crippen LogP contribution is 2.47. The number of rotatable bonds is 6. The number of carbonyl (C=O) groups is 1. The number of halogens is 4. The summed E-state index contributed by atoms with van der Waals surface area (Å²) in [5.74, 6) is 0.500. The molecule has 0 radical (unpaired) electrons. The average Bonchev–Trinajstić information content (AvgIpc) is 3.72. The van der Waals surface area contributed by atoms with E-state index in [0.29, 0.717) is 74.6 Å². The minimum atomic E-state index is -0.599. The first-order valence-corrected chi connectivity index (χ1v) is 21.3. The van der Waals surface area contributed by atoms with E-state index in [1.54, 1.807) is 36.4 Å². The Morgan fingerprint density at radius 1 is 0.814 bits per heavy atom. The first-order valence-electron chi connectivity index (χ1n) is 19.8. The molecule has 2 aromatic heterocycles. The summed E-state index contributed by atoms with van der Waals surface area (Å²) in [7, 11) is 1.30. The van der Waals surface area contributed by atoms with Gasteiger partial charge in [0.2, 0.25) is 0 Å². The molecule has 2 aromatic carbocycles. The fourth-order valence-electron chi connectivity index (χ4n) is 9.20. The third kappa shape index (κ3) is 8.35. The molecule has 14 nitrogen and oxygen atoms in total. The first kappa shape index (κ1) is 43.4. The van der Waals surface area contributed by atoms with Crippen LogP contribution in [-0.2, 0) is 16.1 Å². The van der Waals surface area contributed by atoms with Gasteiger partial charge in [0.25, 0.3) is 0 Å². The number of aliphatic hydroxyl groups excluding tert-OH is 1. The molecule has 18 heteroatoms. The molecule has 2 spiro atoms. The van der Waals surface area contributed by atoms with Crippen molar-refractivity contribution in [3.05, 3.63) is 67.9 Å². The van der Waals surface area contributed by atoms with Gasteiger partial charge in [0, 0.05) is 54.8 Å². The Morgan fingerprint density at radius 3 is 1.83 bits per heavy atom. The van der Waals surface area contributed by atoms with Gasteiger partial charge in [0.05, 0.1) is 52.2 Å². The maximum Gasteiger partial charge on any atom is 0.359 e. The quantitative estimate of drug-likeness (QED) is 0.126. The van der Waals surface area contributed by atoms with E-state index in [1.807, 2.05) is 11.8 Å². The van der Waals surface area contributed by atoms with Gasteiger partial charge in [-0.25, -0.2) is 24.7 Å². The maximum absolute atomic E-state index is 12.6. The van der Waals surface area contributed by atoms with E-state index in [9.17, 15) is 9.90 Å². The molecule has 3 atom stereocenters. The normalized spacial score (nSPS) is 22.1. The van der Waals surface area contributed by atoms with Gasteiger partial charge in [-0.1, -0.05) is 65.0 Å². The van der Waals surface area contributed by atoms with Gasteiger partial charge < -0.3 is 47.3 Å². The van der Waals surface area contributed by atoms with Crippen LogP contribution in [0.2, 0.25) is 20.1 Å². The van der Waals surface area contributed by atoms with Crippen molar-refractivity contribution in [3.63, 3.8) is 0 Å². The van der Waals surface area contributed by atoms with E-state index in [2.05, 4.69) is 24.8 Å². The summed E-state index contributed by atoms with van der Waals surface area (Å²) < 4.78 is 10.8. The summed E-state index contributed by atoms with van der Waals surface area (Å²) in [5.41, 5.74) is 28.5. The Morgan fingerprint density at radius 2 is 1.34 bits per heavy atom. The molecule has 316 valence electrons. The van der Waals surface area contributed by atoms with Crippen molar-refractivity contribution in [2.75, 3.05) is 61.2 Å². The minimum Gasteiger partial charge on any atom is -0.464 e. The molecule has 1 aliphatic carbocycles. The number of esters is 1. The molecule has 0 bridgehead atoms. The number of carbonyl (C=O) groups excluding carboxylic acids is 1. The van der Waals surface area contributed by atoms with Crippen LogP contribution in [0, 0.1) is 10.8 Å². The molecular formula is C41H50Cl4N10O4. The molecule has 9 N–H and O–H groups in total. The molecule has 3 saturated heterocycles. The Kier molecular flexibility index (Phi) is 13.0. The van der Waals surface area contributed by atoms with E-state index in [0.717, 1.165) is 45.2 Å². The topological polar surface area (TPSA) is 218 Å². The monoisotopic (exact) mass is 886 g/mol. The van der Waals surface area contributed by atoms with Crippen LogP contribution in [0.3, 0.4) is 0 Å². The highest BCUT2D eigenvalue weighted by molar-refractivity contribution is 6.44. The second kappa shape index (κ2) is 17.7. The van der Waals surface area contributed by atoms with Gasteiger partial charge in [0.15, 0.2) is 29.0 Å². The molecule has 4 fully saturated rings. The Bertz CT molecular complexity index is 2200. The van der Waals surface area contributed by atoms with Crippen molar-refractivity contribution in [1.29, 1.82) is 0 Å². The third-order valence-corrected chi connectivity index (χ3v) is 14.4. The number of methoxy groups -OCH3 is 1. The fourth-order valence-corrected chi connectivity index (χ4v) is 9.97. The summed E-state index contributed by atoms with van der Waals surface area (Å²) >= 11 is 24.9. The molecule has 59 heavy (non-hydrogen) atoms. The number of anilines is 4. The highest BCUT2D eigenvalue weighted by Gasteiger charge is 2.48. The largest absolute Gasteiger partial charge is 0.464 e. The van der Waals surface area contributed by atoms with Crippen LogP contribution in [0.25, 0.3) is 22.8 Å². The number of aliphatic hydroxyl groups is 1. The number of ether oxygens (including phenoxy) is 2. The van der Waals surface area contributed by atoms with Crippen molar-refractivity contribution >= 4 is 75.4 Å². The van der Waals surface area contributed by atoms with Crippen molar-refractivity contribution in [1.82, 2.24) is 19.9 Å². The van der Waals surface area contributed by atoms with Gasteiger partial charge >= 0.3 is 5.97 Å². The van der Waals surface area contributed by atoms with Gasteiger partial charge in [-0.05, 0) is 75.1 Å². The van der Waals surface area contributed by atoms with Crippen LogP contribution in [0.15, 0.2) is 36.4 Å². The molecule has 0 amide bonds. The Hall–Kier alpha value is -3.73. The molecule has 5 heterocycles. The molecule has 4 aromatic rings. The van der Waals surface area contributed by atoms with E-state index < -0.39 is 5.97 Å². The van der Waals surface area contributed by atoms with Crippen molar-refractivity contribution < 1.29 is 19.4 Å². The van der Waals surface area contributed by atoms with Gasteiger partial charge in [-0.15, -0.1) is 0 Å². The zero-order valence-corrected chi connectivity index (χ0v) is 36.1. The number of hydrogen-bond acceptors (Lipinski definition) is 14. The molecule has 4 aliphatic rings. The summed E-state index contributed by atoms with van der Waals surface area (Å²) in [5, 5.41) is 11.4. The number of benzene rings is 2. The van der Waals surface area contributed by atoms with Crippen LogP contribution in [0.5, 0.6) is 0 Å². The van der Waals surface area contributed by atoms with Gasteiger partial charge in [-0.3, -0.25) is 0 Å². The Labute approximate surface area is 363 Å². The van der Waals surface area contributed by atoms with Crippen LogP contribution < -0.4 is 32.7 Å². The zero-order chi connectivity index (χ0) is 42.2. The second-order valence-electron chi connectivity index (χ2n) is 15.9. The van der Waals surface area contributed by atoms with E-state index in [1.165, 1.54) is 20.0 Å². The number of nitrogens with two attached hydrogens (primary N) is 4. The molecule has 3 aliphatic heterocycles. The van der Waals surface area contributed by atoms with E-state index in [-0.39, 0.29) is 58.0 Å². The lowest BCUT2D eigenvalue weighted by Gasteiger charge is -2.43. The summed E-state index contributed by atoms with van der Waals surface area (Å²) in [6.07, 6.45) is 7.26. The summed E-state index contributed by atoms with van der Waals surface area (Å²) in [6, 6.07) is 10.7. The van der Waals surface area contributed by atoms with Crippen LogP contribution >= 0.6 is 46.4 Å². The van der Waals surface area contributed by atoms with E-state index in [4.69, 9.17) is 78.8 Å². The summed E-state index contributed by atoms with van der Waals surface area (Å²) in [6.45, 7) is 5.40. The standard InChI is InChI=1S/C21H25Cl2N5O3.C20H25Cl2N5O/c1-11-17(24)21(10-31-11)6-8-28(9-7-21)16-15(20(29)30-2)26-19(27-18(16)25)12-4-3-5-13(22)14(12)23;21-13-4-1-3-12(16(13)22)19-25-14(11-28)17(18(24)26-19)27-9-7-20(8-10-27)6-2-5-15(20)23/h3-5,11,17H,6-10,24H2,1-2H3,(H2,25,26,27);1,3-4,15,28H,2,5-11,23H2,(H2,24,25,26)/t11-,17+;15-/m01/s1. The molecule has 8 rings (SSSR count). The van der Waals surface area contributed by atoms with Crippen LogP contribution in [-0.4, -0.2) is 89.1 Å². The first-order chi connectivity index (χ1) is 28.2. The van der Waals surface area contributed by atoms with Crippen molar-refractivity contribution in [2.24, 2.45) is 22.3 Å². The lowest BCUT2D eigenvalue weighted by Crippen LogP contribution is -2.51. The number of nitrogens with zero attached hydrogens (tertiary/aromatic N) is 6. The lowest BCUT2D eigenvalue weighted by molar-refractivity contribution is 0.0594. The van der Waals surface area contributed by atoms with Crippen LogP contribution in [0.1, 0.15) is 68.1 Å². The smallest absolute Gasteiger partial charge is 0.359 e. The molecular weight excluding hydrogens is 838 g/mol. The average molecular weight is 889 g/mol. The summed E-state index contributed by atoms with van der Waals surface area (Å²) in [4.78, 5) is 34.8. The minimum absolute atomic E-state index is 0.0179.